The number of nitrogen functional groups attached to an aromatic ring is 1. The molecule has 1 aliphatic heterocycles. The Hall–Kier alpha value is -2.89. The first kappa shape index (κ1) is 23.8. The number of nitrogens with zero attached hydrogens (tertiary/aromatic N) is 3. The predicted molar refractivity (Wildman–Crippen MR) is 132 cm³/mol. The molecule has 3 atom stereocenters. The number of amides is 1. The normalized spacial score (nSPS) is 22.0. The van der Waals surface area contributed by atoms with Crippen LogP contribution in [0, 0.1) is 24.5 Å². The van der Waals surface area contributed by atoms with Gasteiger partial charge in [-0.25, -0.2) is 18.7 Å². The maximum Gasteiger partial charge on any atom is 0.263 e. The second-order valence-electron chi connectivity index (χ2n) is 9.35. The first-order valence-corrected chi connectivity index (χ1v) is 12.4. The molecule has 186 valence electrons. The van der Waals surface area contributed by atoms with Gasteiger partial charge in [-0.1, -0.05) is 0 Å². The number of thiophene rings is 1. The number of nitrogens with two attached hydrogens (primary N) is 2. The third-order valence-electron chi connectivity index (χ3n) is 6.89. The van der Waals surface area contributed by atoms with E-state index in [9.17, 15) is 9.18 Å². The fraction of sp³-hybridized carbons (Fsp3) is 0.458. The van der Waals surface area contributed by atoms with Crippen molar-refractivity contribution in [3.05, 3.63) is 45.6 Å². The van der Waals surface area contributed by atoms with Crippen LogP contribution in [-0.2, 0) is 17.6 Å². The number of aryl methyl sites for hydroxylation is 2. The van der Waals surface area contributed by atoms with Crippen molar-refractivity contribution in [3.8, 4) is 0 Å². The van der Waals surface area contributed by atoms with E-state index in [1.165, 1.54) is 12.1 Å². The highest BCUT2D eigenvalue weighted by atomic mass is 32.1. The van der Waals surface area contributed by atoms with Crippen molar-refractivity contribution in [1.82, 2.24) is 15.3 Å². The van der Waals surface area contributed by atoms with Gasteiger partial charge in [-0.15, -0.1) is 11.3 Å². The summed E-state index contributed by atoms with van der Waals surface area (Å²) < 4.78 is 34.2. The molecule has 5 rings (SSSR count). The summed E-state index contributed by atoms with van der Waals surface area (Å²) in [6, 6.07) is 2.55. The summed E-state index contributed by atoms with van der Waals surface area (Å²) in [6.07, 6.45) is 1.75. The van der Waals surface area contributed by atoms with Crippen LogP contribution in [0.2, 0.25) is 0 Å². The summed E-state index contributed by atoms with van der Waals surface area (Å²) >= 11 is 1.14. The van der Waals surface area contributed by atoms with Crippen LogP contribution in [0.4, 0.5) is 20.3 Å². The number of anilines is 2. The molecule has 0 bridgehead atoms. The molecule has 0 spiro atoms. The fourth-order valence-electron chi connectivity index (χ4n) is 4.95. The zero-order chi connectivity index (χ0) is 24.9. The van der Waals surface area contributed by atoms with Crippen molar-refractivity contribution in [2.45, 2.75) is 38.3 Å². The Kier molecular flexibility index (Phi) is 6.32. The molecule has 1 saturated heterocycles. The molecule has 1 aliphatic carbocycles. The van der Waals surface area contributed by atoms with Crippen molar-refractivity contribution in [2.75, 3.05) is 37.4 Å². The molecule has 35 heavy (non-hydrogen) atoms. The Morgan fingerprint density at radius 3 is 2.86 bits per heavy atom. The van der Waals surface area contributed by atoms with Crippen LogP contribution < -0.4 is 21.7 Å². The summed E-state index contributed by atoms with van der Waals surface area (Å²) in [6.45, 7) is 3.23. The van der Waals surface area contributed by atoms with Gasteiger partial charge < -0.3 is 26.4 Å². The van der Waals surface area contributed by atoms with Crippen LogP contribution >= 0.6 is 11.3 Å². The highest BCUT2D eigenvalue weighted by Crippen LogP contribution is 2.34. The number of rotatable bonds is 5. The third kappa shape index (κ3) is 4.43. The first-order chi connectivity index (χ1) is 16.7. The van der Waals surface area contributed by atoms with Gasteiger partial charge in [0, 0.05) is 49.3 Å². The van der Waals surface area contributed by atoms with Gasteiger partial charge in [0.05, 0.1) is 18.0 Å². The molecule has 3 aromatic rings. The number of pyridine rings is 2. The number of hydrogen-bond donors (Lipinski definition) is 3. The molecule has 0 saturated carbocycles. The van der Waals surface area contributed by atoms with Crippen molar-refractivity contribution in [2.24, 2.45) is 11.7 Å². The van der Waals surface area contributed by atoms with E-state index in [1.54, 1.807) is 14.0 Å². The van der Waals surface area contributed by atoms with Gasteiger partial charge in [0.2, 0.25) is 0 Å². The molecular formula is C24H28F2N6O2S. The van der Waals surface area contributed by atoms with Gasteiger partial charge in [0.25, 0.3) is 5.91 Å². The number of halogens is 2. The Bertz CT molecular complexity index is 1300. The maximum atomic E-state index is 15.0. The number of aromatic nitrogens is 2. The number of fused-ring (bicyclic) bond motifs is 2. The molecule has 0 aromatic carbocycles. The van der Waals surface area contributed by atoms with Gasteiger partial charge in [-0.05, 0) is 43.9 Å². The van der Waals surface area contributed by atoms with E-state index in [2.05, 4.69) is 15.3 Å². The molecule has 3 unspecified atom stereocenters. The van der Waals surface area contributed by atoms with Crippen LogP contribution in [0.5, 0.6) is 0 Å². The molecule has 4 heterocycles. The average molecular weight is 503 g/mol. The summed E-state index contributed by atoms with van der Waals surface area (Å²) in [5.41, 5.74) is 14.4. The van der Waals surface area contributed by atoms with E-state index in [0.717, 1.165) is 22.6 Å². The van der Waals surface area contributed by atoms with Crippen LogP contribution in [0.1, 0.15) is 33.0 Å². The van der Waals surface area contributed by atoms with Crippen LogP contribution in [0.3, 0.4) is 0 Å². The molecule has 2 aliphatic rings. The summed E-state index contributed by atoms with van der Waals surface area (Å²) in [4.78, 5) is 24.5. The monoisotopic (exact) mass is 502 g/mol. The van der Waals surface area contributed by atoms with E-state index in [4.69, 9.17) is 16.2 Å². The van der Waals surface area contributed by atoms with Gasteiger partial charge in [0.1, 0.15) is 15.5 Å². The Morgan fingerprint density at radius 1 is 1.29 bits per heavy atom. The van der Waals surface area contributed by atoms with E-state index < -0.39 is 11.6 Å². The standard InChI is InChI=1S/C24H28F2N6O2S/c1-11-16(25)7-15-20(28)21(35-24(15)29-11)23(33)30-14-3-4-19-12(5-14)6-17(26)22(31-19)32-8-13(10-34-2)18(27)9-32/h6-7,13-14,18H,3-5,8-10,27-28H2,1-2H3,(H,30,33). The summed E-state index contributed by atoms with van der Waals surface area (Å²) in [7, 11) is 1.63. The number of hydrogen-bond acceptors (Lipinski definition) is 8. The van der Waals surface area contributed by atoms with Crippen molar-refractivity contribution in [3.63, 3.8) is 0 Å². The maximum absolute atomic E-state index is 15.0. The topological polar surface area (TPSA) is 119 Å². The quantitative estimate of drug-likeness (QED) is 0.491. The molecule has 5 N–H and O–H groups in total. The lowest BCUT2D eigenvalue weighted by molar-refractivity contribution is 0.0938. The van der Waals surface area contributed by atoms with Crippen LogP contribution in [-0.4, -0.2) is 54.8 Å². The number of ether oxygens (including phenoxy) is 1. The smallest absolute Gasteiger partial charge is 0.263 e. The largest absolute Gasteiger partial charge is 0.397 e. The minimum Gasteiger partial charge on any atom is -0.397 e. The number of methoxy groups -OCH3 is 1. The lowest BCUT2D eigenvalue weighted by Crippen LogP contribution is -2.39. The predicted octanol–water partition coefficient (Wildman–Crippen LogP) is 2.56. The van der Waals surface area contributed by atoms with Crippen molar-refractivity contribution >= 4 is 39.0 Å². The van der Waals surface area contributed by atoms with Crippen molar-refractivity contribution in [1.29, 1.82) is 0 Å². The molecule has 1 fully saturated rings. The first-order valence-electron chi connectivity index (χ1n) is 11.6. The zero-order valence-electron chi connectivity index (χ0n) is 19.6. The fourth-order valence-corrected chi connectivity index (χ4v) is 5.98. The van der Waals surface area contributed by atoms with E-state index in [1.807, 2.05) is 4.90 Å². The van der Waals surface area contributed by atoms with Crippen LogP contribution in [0.25, 0.3) is 10.2 Å². The highest BCUT2D eigenvalue weighted by molar-refractivity contribution is 7.21. The molecule has 11 heteroatoms. The van der Waals surface area contributed by atoms with Crippen LogP contribution in [0.15, 0.2) is 12.1 Å². The minimum atomic E-state index is -0.461. The molecular weight excluding hydrogens is 474 g/mol. The van der Waals surface area contributed by atoms with Gasteiger partial charge in [-0.3, -0.25) is 4.79 Å². The van der Waals surface area contributed by atoms with E-state index >= 15 is 4.39 Å². The second-order valence-corrected chi connectivity index (χ2v) is 10.3. The molecule has 1 amide bonds. The van der Waals surface area contributed by atoms with E-state index in [-0.39, 0.29) is 35.3 Å². The SMILES string of the molecule is COCC1CN(c2nc3c(cc2F)CC(NC(=O)c2sc4nc(C)c(F)cc4c2N)CC3)CC1N. The lowest BCUT2D eigenvalue weighted by Gasteiger charge is -2.27. The minimum absolute atomic E-state index is 0.0938. The zero-order valence-corrected chi connectivity index (χ0v) is 20.4. The highest BCUT2D eigenvalue weighted by Gasteiger charge is 2.33. The summed E-state index contributed by atoms with van der Waals surface area (Å²) in [5.74, 6) is -0.727. The van der Waals surface area contributed by atoms with Gasteiger partial charge >= 0.3 is 0 Å². The third-order valence-corrected chi connectivity index (χ3v) is 8.00. The Balaban J connectivity index is 1.30. The van der Waals surface area contributed by atoms with Gasteiger partial charge in [-0.2, -0.15) is 0 Å². The Morgan fingerprint density at radius 2 is 2.09 bits per heavy atom. The second kappa shape index (κ2) is 9.29. The number of nitrogens with one attached hydrogen (secondary N) is 1. The summed E-state index contributed by atoms with van der Waals surface area (Å²) in [5, 5.41) is 3.44. The molecule has 3 aromatic heterocycles. The average Bonchev–Trinajstić information content (AvgIpc) is 3.33. The number of carbonyl (C=O) groups is 1. The number of carbonyl (C=O) groups excluding carboxylic acids is 1. The van der Waals surface area contributed by atoms with Crippen molar-refractivity contribution < 1.29 is 18.3 Å². The molecule has 8 nitrogen and oxygen atoms in total. The molecule has 0 radical (unpaired) electrons. The van der Waals surface area contributed by atoms with E-state index in [0.29, 0.717) is 59.9 Å². The van der Waals surface area contributed by atoms with Gasteiger partial charge in [0.15, 0.2) is 11.6 Å². The Labute approximate surface area is 205 Å². The lowest BCUT2D eigenvalue weighted by atomic mass is 9.91.